The van der Waals surface area contributed by atoms with Gasteiger partial charge in [-0.2, -0.15) is 0 Å². The highest BCUT2D eigenvalue weighted by Gasteiger charge is 2.08. The molecule has 5 heteroatoms. The molecule has 5 nitrogen and oxygen atoms in total. The Balaban J connectivity index is 2.33. The van der Waals surface area contributed by atoms with Crippen molar-refractivity contribution < 1.29 is 0 Å². The molecule has 0 aliphatic carbocycles. The molecule has 0 aliphatic rings. The second kappa shape index (κ2) is 6.78. The van der Waals surface area contributed by atoms with Gasteiger partial charge in [-0.1, -0.05) is 20.3 Å². The minimum absolute atomic E-state index is 0.569. The van der Waals surface area contributed by atoms with Crippen LogP contribution in [-0.4, -0.2) is 26.5 Å². The largest absolute Gasteiger partial charge is 0.370 e. The van der Waals surface area contributed by atoms with E-state index in [-0.39, 0.29) is 0 Å². The Bertz CT molecular complexity index is 512. The third-order valence-corrected chi connectivity index (χ3v) is 2.61. The quantitative estimate of drug-likeness (QED) is 0.862. The summed E-state index contributed by atoms with van der Waals surface area (Å²) in [6, 6.07) is 3.79. The van der Waals surface area contributed by atoms with Gasteiger partial charge in [0.15, 0.2) is 11.6 Å². The Labute approximate surface area is 113 Å². The number of hydrogen-bond acceptors (Lipinski definition) is 5. The fourth-order valence-electron chi connectivity index (χ4n) is 1.74. The Hall–Kier alpha value is -2.04. The van der Waals surface area contributed by atoms with E-state index >= 15 is 0 Å². The molecule has 0 aliphatic heterocycles. The maximum Gasteiger partial charge on any atom is 0.199 e. The smallest absolute Gasteiger partial charge is 0.199 e. The van der Waals surface area contributed by atoms with Gasteiger partial charge in [0.1, 0.15) is 5.82 Å². The van der Waals surface area contributed by atoms with Crippen molar-refractivity contribution in [3.8, 4) is 11.6 Å². The summed E-state index contributed by atoms with van der Waals surface area (Å²) in [5.74, 6) is 2.01. The summed E-state index contributed by atoms with van der Waals surface area (Å²) in [6.07, 6.45) is 6.46. The fraction of sp³-hybridized carbons (Fsp3) is 0.429. The van der Waals surface area contributed by atoms with Crippen LogP contribution in [0.2, 0.25) is 0 Å². The molecule has 2 heterocycles. The molecule has 2 aromatic rings. The van der Waals surface area contributed by atoms with E-state index in [9.17, 15) is 0 Å². The molecule has 19 heavy (non-hydrogen) atoms. The summed E-state index contributed by atoms with van der Waals surface area (Å²) in [5.41, 5.74) is 1.03. The second-order valence-electron chi connectivity index (χ2n) is 4.32. The van der Waals surface area contributed by atoms with Crippen molar-refractivity contribution in [1.82, 2.24) is 19.9 Å². The van der Waals surface area contributed by atoms with Crippen LogP contribution < -0.4 is 5.32 Å². The van der Waals surface area contributed by atoms with Gasteiger partial charge in [0.25, 0.3) is 0 Å². The van der Waals surface area contributed by atoms with E-state index in [4.69, 9.17) is 0 Å². The van der Waals surface area contributed by atoms with Gasteiger partial charge < -0.3 is 5.32 Å². The van der Waals surface area contributed by atoms with Gasteiger partial charge in [0.05, 0.1) is 0 Å². The first-order valence-corrected chi connectivity index (χ1v) is 6.72. The van der Waals surface area contributed by atoms with Crippen LogP contribution >= 0.6 is 0 Å². The third kappa shape index (κ3) is 3.71. The van der Waals surface area contributed by atoms with Crippen molar-refractivity contribution in [2.45, 2.75) is 33.1 Å². The lowest BCUT2D eigenvalue weighted by Gasteiger charge is -2.08. The van der Waals surface area contributed by atoms with Crippen LogP contribution in [0.5, 0.6) is 0 Å². The lowest BCUT2D eigenvalue weighted by molar-refractivity contribution is 0.868. The number of aryl methyl sites for hydroxylation is 1. The molecule has 2 rings (SSSR count). The molecule has 2 aromatic heterocycles. The average molecular weight is 257 g/mol. The van der Waals surface area contributed by atoms with Crippen molar-refractivity contribution in [2.24, 2.45) is 0 Å². The first kappa shape index (κ1) is 13.4. The average Bonchev–Trinajstić information content (AvgIpc) is 2.46. The van der Waals surface area contributed by atoms with Crippen LogP contribution in [0.15, 0.2) is 24.5 Å². The van der Waals surface area contributed by atoms with Gasteiger partial charge in [-0.25, -0.2) is 19.9 Å². The zero-order valence-electron chi connectivity index (χ0n) is 11.4. The van der Waals surface area contributed by atoms with Crippen molar-refractivity contribution >= 4 is 5.82 Å². The van der Waals surface area contributed by atoms with Crippen LogP contribution in [-0.2, 0) is 6.42 Å². The predicted octanol–water partition coefficient (Wildman–Crippen LogP) is 2.71. The van der Waals surface area contributed by atoms with E-state index in [0.29, 0.717) is 11.6 Å². The zero-order chi connectivity index (χ0) is 13.5. The second-order valence-corrected chi connectivity index (χ2v) is 4.32. The predicted molar refractivity (Wildman–Crippen MR) is 75.8 cm³/mol. The highest BCUT2D eigenvalue weighted by atomic mass is 15.1. The van der Waals surface area contributed by atoms with Crippen molar-refractivity contribution in [3.05, 3.63) is 30.2 Å². The summed E-state index contributed by atoms with van der Waals surface area (Å²) in [5, 5.41) is 3.30. The maximum absolute atomic E-state index is 4.53. The molecule has 0 atom stereocenters. The SMILES string of the molecule is CCCNc1cc(CCC)nc(-c2ncccn2)n1. The summed E-state index contributed by atoms with van der Waals surface area (Å²) >= 11 is 0. The summed E-state index contributed by atoms with van der Waals surface area (Å²) in [6.45, 7) is 5.17. The van der Waals surface area contributed by atoms with Gasteiger partial charge in [-0.15, -0.1) is 0 Å². The summed E-state index contributed by atoms with van der Waals surface area (Å²) in [4.78, 5) is 17.4. The molecule has 1 N–H and O–H groups in total. The van der Waals surface area contributed by atoms with E-state index in [1.165, 1.54) is 0 Å². The lowest BCUT2D eigenvalue weighted by Crippen LogP contribution is -2.06. The first-order valence-electron chi connectivity index (χ1n) is 6.72. The van der Waals surface area contributed by atoms with E-state index in [0.717, 1.165) is 37.3 Å². The van der Waals surface area contributed by atoms with Gasteiger partial charge in [-0.3, -0.25) is 0 Å². The molecular weight excluding hydrogens is 238 g/mol. The van der Waals surface area contributed by atoms with Crippen LogP contribution in [0.3, 0.4) is 0 Å². The molecule has 0 radical (unpaired) electrons. The zero-order valence-corrected chi connectivity index (χ0v) is 11.4. The van der Waals surface area contributed by atoms with E-state index < -0.39 is 0 Å². The van der Waals surface area contributed by atoms with Crippen molar-refractivity contribution in [2.75, 3.05) is 11.9 Å². The van der Waals surface area contributed by atoms with Gasteiger partial charge in [-0.05, 0) is 18.9 Å². The molecule has 0 bridgehead atoms. The normalized spacial score (nSPS) is 10.4. The molecular formula is C14H19N5. The van der Waals surface area contributed by atoms with Crippen LogP contribution in [0.4, 0.5) is 5.82 Å². The summed E-state index contributed by atoms with van der Waals surface area (Å²) < 4.78 is 0. The fourth-order valence-corrected chi connectivity index (χ4v) is 1.74. The van der Waals surface area contributed by atoms with E-state index in [1.807, 2.05) is 6.07 Å². The van der Waals surface area contributed by atoms with Crippen LogP contribution in [0, 0.1) is 0 Å². The number of hydrogen-bond donors (Lipinski definition) is 1. The third-order valence-electron chi connectivity index (χ3n) is 2.61. The van der Waals surface area contributed by atoms with Gasteiger partial charge in [0, 0.05) is 30.7 Å². The molecule has 100 valence electrons. The van der Waals surface area contributed by atoms with Crippen molar-refractivity contribution in [1.29, 1.82) is 0 Å². The number of nitrogens with one attached hydrogen (secondary N) is 1. The Kier molecular flexibility index (Phi) is 4.78. The molecule has 0 saturated carbocycles. The molecule has 0 unspecified atom stereocenters. The standard InChI is InChI=1S/C14H19N5/c1-3-6-11-10-12(15-7-4-2)19-14(18-11)13-16-8-5-9-17-13/h5,8-10H,3-4,6-7H2,1-2H3,(H,15,18,19). The molecule has 0 fully saturated rings. The Morgan fingerprint density at radius 3 is 2.47 bits per heavy atom. The van der Waals surface area contributed by atoms with E-state index in [1.54, 1.807) is 18.5 Å². The molecule has 0 saturated heterocycles. The lowest BCUT2D eigenvalue weighted by atomic mass is 10.2. The first-order chi connectivity index (χ1) is 9.33. The van der Waals surface area contributed by atoms with Crippen LogP contribution in [0.25, 0.3) is 11.6 Å². The Morgan fingerprint density at radius 1 is 1.00 bits per heavy atom. The maximum atomic E-state index is 4.53. The molecule has 0 amide bonds. The number of aromatic nitrogens is 4. The topological polar surface area (TPSA) is 63.6 Å². The number of anilines is 1. The minimum Gasteiger partial charge on any atom is -0.370 e. The number of rotatable bonds is 6. The highest BCUT2D eigenvalue weighted by molar-refractivity contribution is 5.49. The van der Waals surface area contributed by atoms with Gasteiger partial charge in [0.2, 0.25) is 0 Å². The monoisotopic (exact) mass is 257 g/mol. The number of nitrogens with zero attached hydrogens (tertiary/aromatic N) is 4. The van der Waals surface area contributed by atoms with Gasteiger partial charge >= 0.3 is 0 Å². The van der Waals surface area contributed by atoms with Crippen molar-refractivity contribution in [3.63, 3.8) is 0 Å². The minimum atomic E-state index is 0.569. The highest BCUT2D eigenvalue weighted by Crippen LogP contribution is 2.15. The Morgan fingerprint density at radius 2 is 1.79 bits per heavy atom. The summed E-state index contributed by atoms with van der Waals surface area (Å²) in [7, 11) is 0. The van der Waals surface area contributed by atoms with Crippen LogP contribution in [0.1, 0.15) is 32.4 Å². The molecule has 0 aromatic carbocycles. The van der Waals surface area contributed by atoms with E-state index in [2.05, 4.69) is 39.1 Å². The molecule has 0 spiro atoms.